The number of carbonyl (C=O) groups excluding carboxylic acids is 1. The van der Waals surface area contributed by atoms with Crippen molar-refractivity contribution in [2.24, 2.45) is 5.10 Å². The molecule has 0 fully saturated rings. The minimum atomic E-state index is -0.219. The Kier molecular flexibility index (Phi) is 3.24. The second-order valence-corrected chi connectivity index (χ2v) is 5.85. The number of anilines is 1. The number of rotatable bonds is 2. The van der Waals surface area contributed by atoms with Crippen LogP contribution < -0.4 is 5.43 Å². The fourth-order valence-electron chi connectivity index (χ4n) is 2.96. The summed E-state index contributed by atoms with van der Waals surface area (Å²) in [5.41, 5.74) is 6.46. The van der Waals surface area contributed by atoms with Gasteiger partial charge >= 0.3 is 0 Å². The Balaban J connectivity index is 1.79. The maximum Gasteiger partial charge on any atom is 0.216 e. The fraction of sp³-hybridized carbons (Fsp3) is 0.0500. The lowest BCUT2D eigenvalue weighted by atomic mass is 9.85. The van der Waals surface area contributed by atoms with Crippen molar-refractivity contribution in [3.8, 4) is 0 Å². The molecule has 0 aliphatic heterocycles. The summed E-state index contributed by atoms with van der Waals surface area (Å²) >= 11 is 0. The number of carbonyl (C=O) groups is 1. The molecule has 116 valence electrons. The first-order chi connectivity index (χ1) is 11.6. The summed E-state index contributed by atoms with van der Waals surface area (Å²) in [5, 5.41) is 14.4. The molecule has 1 aliphatic rings. The first-order valence-electron chi connectivity index (χ1n) is 7.71. The second kappa shape index (κ2) is 5.42. The molecule has 24 heavy (non-hydrogen) atoms. The predicted octanol–water partition coefficient (Wildman–Crippen LogP) is 4.18. The number of hydrogen-bond donors (Lipinski definition) is 2. The van der Waals surface area contributed by atoms with E-state index in [1.165, 1.54) is 0 Å². The summed E-state index contributed by atoms with van der Waals surface area (Å²) in [6, 6.07) is 19.0. The largest absolute Gasteiger partial charge is 0.298 e. The van der Waals surface area contributed by atoms with E-state index in [1.807, 2.05) is 61.5 Å². The number of benzene rings is 3. The molecular formula is C20H15N3O. The average Bonchev–Trinajstić information content (AvgIpc) is 2.61. The van der Waals surface area contributed by atoms with Gasteiger partial charge < -0.3 is 0 Å². The number of aryl methyl sites for hydroxylation is 1. The van der Waals surface area contributed by atoms with Crippen LogP contribution in [-0.4, -0.2) is 17.2 Å². The Morgan fingerprint density at radius 3 is 2.29 bits per heavy atom. The number of hydrogen-bond acceptors (Lipinski definition) is 4. The Bertz CT molecular complexity index is 964. The quantitative estimate of drug-likeness (QED) is 0.697. The average molecular weight is 313 g/mol. The van der Waals surface area contributed by atoms with Crippen LogP contribution in [0.4, 0.5) is 5.69 Å². The van der Waals surface area contributed by atoms with Crippen molar-refractivity contribution in [1.82, 2.24) is 0 Å². The number of nitrogens with one attached hydrogen (secondary N) is 2. The molecule has 1 aliphatic carbocycles. The van der Waals surface area contributed by atoms with Gasteiger partial charge in [-0.05, 0) is 24.4 Å². The molecule has 0 aromatic heterocycles. The standard InChI is InChI=1S/C20H15N3O/c1-12-8-10-14(11-9-12)22-23-19-18(21)15-6-2-4-13-5-3-7-16(17(13)15)20(19)24/h2-11,21-22H,1H3/b21-18?,23-19-. The van der Waals surface area contributed by atoms with E-state index in [4.69, 9.17) is 5.41 Å². The van der Waals surface area contributed by atoms with Crippen molar-refractivity contribution in [2.75, 3.05) is 5.43 Å². The van der Waals surface area contributed by atoms with E-state index in [1.54, 1.807) is 6.07 Å². The van der Waals surface area contributed by atoms with Crippen LogP contribution in [0.2, 0.25) is 0 Å². The van der Waals surface area contributed by atoms with Gasteiger partial charge in [-0.15, -0.1) is 0 Å². The zero-order chi connectivity index (χ0) is 16.7. The van der Waals surface area contributed by atoms with Crippen LogP contribution in [0, 0.1) is 12.3 Å². The van der Waals surface area contributed by atoms with Gasteiger partial charge in [0.15, 0.2) is 5.71 Å². The second-order valence-electron chi connectivity index (χ2n) is 5.85. The first-order valence-corrected chi connectivity index (χ1v) is 7.71. The highest BCUT2D eigenvalue weighted by atomic mass is 16.1. The highest BCUT2D eigenvalue weighted by Crippen LogP contribution is 2.28. The van der Waals surface area contributed by atoms with Crippen LogP contribution in [-0.2, 0) is 0 Å². The maximum absolute atomic E-state index is 12.8. The Labute approximate surface area is 139 Å². The first kappa shape index (κ1) is 14.3. The lowest BCUT2D eigenvalue weighted by Crippen LogP contribution is -2.30. The van der Waals surface area contributed by atoms with E-state index in [9.17, 15) is 4.79 Å². The van der Waals surface area contributed by atoms with Crippen LogP contribution in [0.25, 0.3) is 10.8 Å². The molecule has 4 heteroatoms. The number of Topliss-reactive ketones (excluding diaryl/α,β-unsaturated/α-hetero) is 1. The summed E-state index contributed by atoms with van der Waals surface area (Å²) in [6.07, 6.45) is 0. The summed E-state index contributed by atoms with van der Waals surface area (Å²) in [7, 11) is 0. The summed E-state index contributed by atoms with van der Waals surface area (Å²) < 4.78 is 0. The van der Waals surface area contributed by atoms with Gasteiger partial charge in [0, 0.05) is 16.5 Å². The zero-order valence-electron chi connectivity index (χ0n) is 13.1. The number of hydrazone groups is 1. The predicted molar refractivity (Wildman–Crippen MR) is 97.3 cm³/mol. The van der Waals surface area contributed by atoms with Crippen molar-refractivity contribution in [3.05, 3.63) is 77.4 Å². The summed E-state index contributed by atoms with van der Waals surface area (Å²) in [6.45, 7) is 2.01. The molecule has 0 amide bonds. The molecule has 0 spiro atoms. The molecule has 4 rings (SSSR count). The van der Waals surface area contributed by atoms with Gasteiger partial charge in [0.25, 0.3) is 0 Å². The van der Waals surface area contributed by atoms with Crippen LogP contribution >= 0.6 is 0 Å². The van der Waals surface area contributed by atoms with Crippen LogP contribution in [0.1, 0.15) is 21.5 Å². The van der Waals surface area contributed by atoms with Crippen molar-refractivity contribution in [3.63, 3.8) is 0 Å². The molecule has 0 saturated heterocycles. The van der Waals surface area contributed by atoms with E-state index in [0.717, 1.165) is 27.6 Å². The Hall–Kier alpha value is -3.27. The minimum Gasteiger partial charge on any atom is -0.298 e. The molecule has 0 bridgehead atoms. The monoisotopic (exact) mass is 313 g/mol. The minimum absolute atomic E-state index is 0.141. The molecule has 0 radical (unpaired) electrons. The third kappa shape index (κ3) is 2.20. The third-order valence-corrected chi connectivity index (χ3v) is 4.22. The molecule has 3 aromatic rings. The highest BCUT2D eigenvalue weighted by molar-refractivity contribution is 6.76. The van der Waals surface area contributed by atoms with Gasteiger partial charge in [-0.25, -0.2) is 0 Å². The molecular weight excluding hydrogens is 298 g/mol. The van der Waals surface area contributed by atoms with E-state index >= 15 is 0 Å². The molecule has 0 unspecified atom stereocenters. The van der Waals surface area contributed by atoms with E-state index in [0.29, 0.717) is 5.56 Å². The molecule has 3 aromatic carbocycles. The smallest absolute Gasteiger partial charge is 0.216 e. The molecule has 0 atom stereocenters. The SMILES string of the molecule is Cc1ccc(N/N=C2/C(=N)c3cccc4cccc(c34)C2=O)cc1. The van der Waals surface area contributed by atoms with Crippen molar-refractivity contribution in [1.29, 1.82) is 5.41 Å². The third-order valence-electron chi connectivity index (χ3n) is 4.22. The Morgan fingerprint density at radius 1 is 0.917 bits per heavy atom. The van der Waals surface area contributed by atoms with Crippen LogP contribution in [0.3, 0.4) is 0 Å². The topological polar surface area (TPSA) is 65.3 Å². The van der Waals surface area contributed by atoms with E-state index in [-0.39, 0.29) is 17.2 Å². The van der Waals surface area contributed by atoms with E-state index < -0.39 is 0 Å². The van der Waals surface area contributed by atoms with Crippen LogP contribution in [0.5, 0.6) is 0 Å². The van der Waals surface area contributed by atoms with Crippen molar-refractivity contribution in [2.45, 2.75) is 6.92 Å². The zero-order valence-corrected chi connectivity index (χ0v) is 13.1. The normalized spacial score (nSPS) is 15.1. The van der Waals surface area contributed by atoms with Gasteiger partial charge in [-0.1, -0.05) is 54.1 Å². The molecule has 2 N–H and O–H groups in total. The summed E-state index contributed by atoms with van der Waals surface area (Å²) in [4.78, 5) is 12.8. The van der Waals surface area contributed by atoms with Gasteiger partial charge in [0.05, 0.1) is 11.4 Å². The highest BCUT2D eigenvalue weighted by Gasteiger charge is 2.29. The number of nitrogens with zero attached hydrogens (tertiary/aromatic N) is 1. The maximum atomic E-state index is 12.8. The van der Waals surface area contributed by atoms with Gasteiger partial charge in [0.2, 0.25) is 5.78 Å². The van der Waals surface area contributed by atoms with E-state index in [2.05, 4.69) is 10.5 Å². The molecule has 0 saturated carbocycles. The van der Waals surface area contributed by atoms with Gasteiger partial charge in [0.1, 0.15) is 0 Å². The van der Waals surface area contributed by atoms with Gasteiger partial charge in [-0.2, -0.15) is 5.10 Å². The molecule has 4 nitrogen and oxygen atoms in total. The fourth-order valence-corrected chi connectivity index (χ4v) is 2.96. The Morgan fingerprint density at radius 2 is 1.58 bits per heavy atom. The van der Waals surface area contributed by atoms with Crippen molar-refractivity contribution < 1.29 is 4.79 Å². The van der Waals surface area contributed by atoms with Gasteiger partial charge in [-0.3, -0.25) is 15.6 Å². The molecule has 0 heterocycles. The lowest BCUT2D eigenvalue weighted by molar-refractivity contribution is 0.106. The lowest BCUT2D eigenvalue weighted by Gasteiger charge is -2.18. The number of ketones is 1. The summed E-state index contributed by atoms with van der Waals surface area (Å²) in [5.74, 6) is -0.219. The van der Waals surface area contributed by atoms with Crippen LogP contribution in [0.15, 0.2) is 65.8 Å². The van der Waals surface area contributed by atoms with Crippen molar-refractivity contribution >= 4 is 33.7 Å².